The molecule has 1 aromatic carbocycles. The Morgan fingerprint density at radius 3 is 2.68 bits per heavy atom. The molecule has 2 heterocycles. The molecule has 2 aromatic rings. The fourth-order valence-electron chi connectivity index (χ4n) is 3.12. The molecule has 1 saturated heterocycles. The van der Waals surface area contributed by atoms with E-state index in [1.807, 2.05) is 45.0 Å². The number of anilines is 2. The average molecular weight is 441 g/mol. The third-order valence-electron chi connectivity index (χ3n) is 4.61. The smallest absolute Gasteiger partial charge is 0.236 e. The zero-order valence-corrected chi connectivity index (χ0v) is 18.5. The van der Waals surface area contributed by atoms with E-state index in [0.717, 1.165) is 5.69 Å². The van der Waals surface area contributed by atoms with Crippen LogP contribution in [0, 0.1) is 6.92 Å². The lowest BCUT2D eigenvalue weighted by Gasteiger charge is -2.29. The van der Waals surface area contributed by atoms with Crippen LogP contribution in [0.15, 0.2) is 28.6 Å². The maximum Gasteiger partial charge on any atom is 0.236 e. The number of hydrogen-bond donors (Lipinski definition) is 1. The van der Waals surface area contributed by atoms with E-state index >= 15 is 0 Å². The number of rotatable bonds is 7. The Morgan fingerprint density at radius 2 is 2.07 bits per heavy atom. The number of carbonyl (C=O) groups is 1. The summed E-state index contributed by atoms with van der Waals surface area (Å²) < 4.78 is 24.2. The maximum atomic E-state index is 12.9. The fourth-order valence-corrected chi connectivity index (χ4v) is 6.84. The van der Waals surface area contributed by atoms with E-state index in [-0.39, 0.29) is 28.7 Å². The molecule has 2 unspecified atom stereocenters. The quantitative estimate of drug-likeness (QED) is 0.661. The lowest BCUT2D eigenvalue weighted by molar-refractivity contribution is -0.131. The highest BCUT2D eigenvalue weighted by atomic mass is 32.2. The first kappa shape index (κ1) is 21.1. The summed E-state index contributed by atoms with van der Waals surface area (Å²) in [6.45, 7) is 6.24. The molecule has 10 heteroatoms. The Morgan fingerprint density at radius 1 is 1.36 bits per heavy atom. The topological polar surface area (TPSA) is 92.3 Å². The van der Waals surface area contributed by atoms with Crippen molar-refractivity contribution in [2.24, 2.45) is 0 Å². The minimum Gasteiger partial charge on any atom is -0.338 e. The summed E-state index contributed by atoms with van der Waals surface area (Å²) in [6, 6.07) is 7.76. The summed E-state index contributed by atoms with van der Waals surface area (Å²) in [5.41, 5.74) is 2.11. The molecule has 0 bridgehead atoms. The average Bonchev–Trinajstić information content (AvgIpc) is 3.23. The lowest BCUT2D eigenvalue weighted by atomic mass is 10.2. The van der Waals surface area contributed by atoms with Crippen LogP contribution < -0.4 is 5.32 Å². The Hall–Kier alpha value is -1.65. The van der Waals surface area contributed by atoms with Gasteiger partial charge in [0, 0.05) is 18.3 Å². The second-order valence-electron chi connectivity index (χ2n) is 6.81. The molecule has 0 spiro atoms. The SMILES string of the molecule is CCN(C(=O)C(C)Sc1nnc(Nc2ccc(C)cc2)s1)C1CCS(=O)(=O)C1. The van der Waals surface area contributed by atoms with Gasteiger partial charge in [-0.25, -0.2) is 8.42 Å². The molecule has 152 valence electrons. The van der Waals surface area contributed by atoms with Crippen molar-refractivity contribution in [3.63, 3.8) is 0 Å². The molecule has 1 aliphatic heterocycles. The van der Waals surface area contributed by atoms with E-state index in [2.05, 4.69) is 15.5 Å². The highest BCUT2D eigenvalue weighted by Crippen LogP contribution is 2.32. The van der Waals surface area contributed by atoms with Crippen LogP contribution in [-0.2, 0) is 14.6 Å². The van der Waals surface area contributed by atoms with Crippen molar-refractivity contribution in [1.82, 2.24) is 15.1 Å². The zero-order valence-electron chi connectivity index (χ0n) is 16.1. The van der Waals surface area contributed by atoms with Crippen molar-refractivity contribution in [3.05, 3.63) is 29.8 Å². The molecule has 7 nitrogen and oxygen atoms in total. The molecule has 0 radical (unpaired) electrons. The van der Waals surface area contributed by atoms with Gasteiger partial charge in [-0.15, -0.1) is 10.2 Å². The largest absolute Gasteiger partial charge is 0.338 e. The van der Waals surface area contributed by atoms with Crippen LogP contribution in [0.5, 0.6) is 0 Å². The number of carbonyl (C=O) groups excluding carboxylic acids is 1. The molecular weight excluding hydrogens is 416 g/mol. The fraction of sp³-hybridized carbons (Fsp3) is 0.500. The first-order chi connectivity index (χ1) is 13.3. The third-order valence-corrected chi connectivity index (χ3v) is 8.37. The standard InChI is InChI=1S/C18H24N4O3S3/c1-4-22(15-9-10-28(24,25)11-15)16(23)13(3)26-18-21-20-17(27-18)19-14-7-5-12(2)6-8-14/h5-8,13,15H,4,9-11H2,1-3H3,(H,19,20). The summed E-state index contributed by atoms with van der Waals surface area (Å²) in [5.74, 6) is 0.165. The van der Waals surface area contributed by atoms with Gasteiger partial charge in [-0.3, -0.25) is 4.79 Å². The Bertz CT molecular complexity index is 928. The van der Waals surface area contributed by atoms with E-state index in [9.17, 15) is 13.2 Å². The summed E-state index contributed by atoms with van der Waals surface area (Å²) in [5, 5.41) is 11.8. The van der Waals surface area contributed by atoms with Crippen molar-refractivity contribution in [2.45, 2.75) is 42.8 Å². The number of thioether (sulfide) groups is 1. The van der Waals surface area contributed by atoms with Gasteiger partial charge in [0.25, 0.3) is 0 Å². The van der Waals surface area contributed by atoms with Crippen LogP contribution in [-0.4, -0.2) is 58.8 Å². The third kappa shape index (κ3) is 5.24. The normalized spacial score (nSPS) is 19.3. The van der Waals surface area contributed by atoms with Crippen LogP contribution in [0.2, 0.25) is 0 Å². The van der Waals surface area contributed by atoms with Crippen molar-refractivity contribution >= 4 is 49.7 Å². The number of amides is 1. The van der Waals surface area contributed by atoms with E-state index in [1.54, 1.807) is 4.90 Å². The molecule has 1 aliphatic rings. The number of hydrogen-bond acceptors (Lipinski definition) is 8. The Kier molecular flexibility index (Phi) is 6.61. The number of sulfone groups is 1. The maximum absolute atomic E-state index is 12.9. The predicted molar refractivity (Wildman–Crippen MR) is 114 cm³/mol. The molecule has 0 aliphatic carbocycles. The van der Waals surface area contributed by atoms with Gasteiger partial charge in [-0.1, -0.05) is 40.8 Å². The van der Waals surface area contributed by atoms with Crippen molar-refractivity contribution in [2.75, 3.05) is 23.4 Å². The van der Waals surface area contributed by atoms with E-state index in [1.165, 1.54) is 28.7 Å². The van der Waals surface area contributed by atoms with Crippen molar-refractivity contribution in [1.29, 1.82) is 0 Å². The van der Waals surface area contributed by atoms with Crippen molar-refractivity contribution in [3.8, 4) is 0 Å². The molecule has 3 rings (SSSR count). The van der Waals surface area contributed by atoms with Gasteiger partial charge in [0.15, 0.2) is 14.2 Å². The first-order valence-corrected chi connectivity index (χ1v) is 12.6. The van der Waals surface area contributed by atoms with Crippen LogP contribution in [0.3, 0.4) is 0 Å². The zero-order chi connectivity index (χ0) is 20.3. The second kappa shape index (κ2) is 8.79. The number of nitrogens with one attached hydrogen (secondary N) is 1. The molecule has 1 fully saturated rings. The molecule has 28 heavy (non-hydrogen) atoms. The van der Waals surface area contributed by atoms with Gasteiger partial charge in [-0.2, -0.15) is 0 Å². The van der Waals surface area contributed by atoms with Gasteiger partial charge < -0.3 is 10.2 Å². The highest BCUT2D eigenvalue weighted by molar-refractivity contribution is 8.02. The first-order valence-electron chi connectivity index (χ1n) is 9.12. The van der Waals surface area contributed by atoms with Crippen molar-refractivity contribution < 1.29 is 13.2 Å². The van der Waals surface area contributed by atoms with Gasteiger partial charge in [0.2, 0.25) is 11.0 Å². The predicted octanol–water partition coefficient (Wildman–Crippen LogP) is 3.11. The minimum atomic E-state index is -3.03. The van der Waals surface area contributed by atoms with Gasteiger partial charge >= 0.3 is 0 Å². The summed E-state index contributed by atoms with van der Waals surface area (Å²) in [7, 11) is -3.03. The number of nitrogens with zero attached hydrogens (tertiary/aromatic N) is 3. The van der Waals surface area contributed by atoms with Gasteiger partial charge in [0.05, 0.1) is 16.8 Å². The molecule has 1 amide bonds. The summed E-state index contributed by atoms with van der Waals surface area (Å²) in [4.78, 5) is 14.5. The summed E-state index contributed by atoms with van der Waals surface area (Å²) in [6.07, 6.45) is 0.517. The van der Waals surface area contributed by atoms with Crippen LogP contribution >= 0.6 is 23.1 Å². The molecular formula is C18H24N4O3S3. The monoisotopic (exact) mass is 440 g/mol. The number of benzene rings is 1. The molecule has 1 aromatic heterocycles. The van der Waals surface area contributed by atoms with Crippen LogP contribution in [0.1, 0.15) is 25.8 Å². The Balaban J connectivity index is 1.60. The second-order valence-corrected chi connectivity index (χ2v) is 11.6. The number of aryl methyl sites for hydroxylation is 1. The Labute approximate surface area is 173 Å². The van der Waals surface area contributed by atoms with Gasteiger partial charge in [0.1, 0.15) is 0 Å². The van der Waals surface area contributed by atoms with Crippen LogP contribution in [0.25, 0.3) is 0 Å². The molecule has 0 saturated carbocycles. The summed E-state index contributed by atoms with van der Waals surface area (Å²) >= 11 is 2.74. The number of aromatic nitrogens is 2. The van der Waals surface area contributed by atoms with Gasteiger partial charge in [-0.05, 0) is 39.3 Å². The minimum absolute atomic E-state index is 0.0576. The van der Waals surface area contributed by atoms with E-state index in [4.69, 9.17) is 0 Å². The molecule has 2 atom stereocenters. The van der Waals surface area contributed by atoms with E-state index < -0.39 is 9.84 Å². The molecule has 1 N–H and O–H groups in total. The van der Waals surface area contributed by atoms with E-state index in [0.29, 0.717) is 22.4 Å². The lowest BCUT2D eigenvalue weighted by Crippen LogP contribution is -2.44. The highest BCUT2D eigenvalue weighted by Gasteiger charge is 2.35. The van der Waals surface area contributed by atoms with Crippen LogP contribution in [0.4, 0.5) is 10.8 Å².